The molecule has 15 heavy (non-hydrogen) atoms. The van der Waals surface area contributed by atoms with E-state index in [1.807, 2.05) is 13.8 Å². The second-order valence-corrected chi connectivity index (χ2v) is 5.93. The maximum atomic E-state index is 9.10. The van der Waals surface area contributed by atoms with Gasteiger partial charge in [-0.3, -0.25) is 0 Å². The maximum Gasteiger partial charge on any atom is 0.214 e. The minimum absolute atomic E-state index is 0.724. The van der Waals surface area contributed by atoms with E-state index in [0.29, 0.717) is 0 Å². The summed E-state index contributed by atoms with van der Waals surface area (Å²) in [6, 6.07) is 2.25. The van der Waals surface area contributed by atoms with Gasteiger partial charge in [0.15, 0.2) is 0 Å². The minimum Gasteiger partial charge on any atom is -0.353 e. The van der Waals surface area contributed by atoms with Crippen LogP contribution in [0.5, 0.6) is 0 Å². The Bertz CT molecular complexity index is 522. The third kappa shape index (κ3) is 0.422. The van der Waals surface area contributed by atoms with Crippen LogP contribution in [0.4, 0.5) is 0 Å². The first kappa shape index (κ1) is 7.05. The highest BCUT2D eigenvalue weighted by atomic mass is 15.4. The number of hydrogen-bond acceptors (Lipinski definition) is 3. The van der Waals surface area contributed by atoms with Crippen molar-refractivity contribution >= 4 is 5.71 Å². The van der Waals surface area contributed by atoms with Crippen molar-refractivity contribution in [2.24, 2.45) is 33.6 Å². The van der Waals surface area contributed by atoms with Gasteiger partial charge in [0.1, 0.15) is 6.07 Å². The number of nitrogens with one attached hydrogen (secondary N) is 1. The zero-order chi connectivity index (χ0) is 10.2. The zero-order valence-electron chi connectivity index (χ0n) is 8.70. The molecule has 0 aromatic rings. The summed E-state index contributed by atoms with van der Waals surface area (Å²) >= 11 is 0. The Hall–Kier alpha value is -1.30. The molecule has 1 heterocycles. The van der Waals surface area contributed by atoms with E-state index in [1.54, 1.807) is 0 Å². The van der Waals surface area contributed by atoms with Gasteiger partial charge in [-0.1, -0.05) is 0 Å². The van der Waals surface area contributed by atoms with Crippen LogP contribution in [0.25, 0.3) is 0 Å². The van der Waals surface area contributed by atoms with Crippen LogP contribution in [0.3, 0.4) is 0 Å². The quantitative estimate of drug-likeness (QED) is 0.683. The lowest BCUT2D eigenvalue weighted by Gasteiger charge is -2.27. The van der Waals surface area contributed by atoms with E-state index in [-0.39, 0.29) is 0 Å². The number of nitrogens with zero attached hydrogens (tertiary/aromatic N) is 2. The summed E-state index contributed by atoms with van der Waals surface area (Å²) in [6.45, 7) is 3.87. The Labute approximate surface area is 87.9 Å². The van der Waals surface area contributed by atoms with Crippen molar-refractivity contribution in [1.29, 1.82) is 5.26 Å². The Kier molecular flexibility index (Phi) is 0.641. The van der Waals surface area contributed by atoms with Gasteiger partial charge in [-0.15, -0.1) is 0 Å². The minimum atomic E-state index is -0.724. The van der Waals surface area contributed by atoms with Gasteiger partial charge in [0.2, 0.25) is 5.66 Å². The largest absolute Gasteiger partial charge is 0.353 e. The van der Waals surface area contributed by atoms with Crippen LogP contribution in [0.2, 0.25) is 0 Å². The third-order valence-corrected chi connectivity index (χ3v) is 5.30. The highest BCUT2D eigenvalue weighted by Crippen LogP contribution is 3.36. The van der Waals surface area contributed by atoms with Crippen LogP contribution in [0.1, 0.15) is 13.8 Å². The fourth-order valence-electron chi connectivity index (χ4n) is 4.47. The first-order valence-electron chi connectivity index (χ1n) is 5.60. The van der Waals surface area contributed by atoms with E-state index in [2.05, 4.69) is 22.5 Å². The van der Waals surface area contributed by atoms with Crippen molar-refractivity contribution in [3.8, 4) is 6.07 Å². The predicted octanol–water partition coefficient (Wildman–Crippen LogP) is 1.05. The highest BCUT2D eigenvalue weighted by molar-refractivity contribution is 6.11. The van der Waals surface area contributed by atoms with E-state index in [4.69, 9.17) is 5.26 Å². The zero-order valence-corrected chi connectivity index (χ0v) is 8.70. The summed E-state index contributed by atoms with van der Waals surface area (Å²) in [5.41, 5.74) is 3.07. The van der Waals surface area contributed by atoms with E-state index < -0.39 is 5.66 Å². The second-order valence-electron chi connectivity index (χ2n) is 5.93. The van der Waals surface area contributed by atoms with Crippen molar-refractivity contribution in [2.45, 2.75) is 19.5 Å². The molecule has 74 valence electrons. The lowest BCUT2D eigenvalue weighted by atomic mass is 9.98. The molecule has 5 fully saturated rings. The molecule has 3 heteroatoms. The molecule has 0 aromatic heterocycles. The number of rotatable bonds is 1. The molecule has 0 bridgehead atoms. The van der Waals surface area contributed by atoms with Crippen molar-refractivity contribution in [3.05, 3.63) is 11.8 Å². The van der Waals surface area contributed by atoms with Crippen LogP contribution < -0.4 is 5.32 Å². The summed E-state index contributed by atoms with van der Waals surface area (Å²) in [4.78, 5) is 4.58. The molecule has 5 aliphatic carbocycles. The SMILES string of the molecule is CC1=CC(C2C34C5C3C254)=NC(C)(C#N)N1. The molecular weight excluding hydrogens is 186 g/mol. The summed E-state index contributed by atoms with van der Waals surface area (Å²) in [5, 5.41) is 12.2. The van der Waals surface area contributed by atoms with Gasteiger partial charge in [0, 0.05) is 17.3 Å². The Morgan fingerprint density at radius 3 is 2.67 bits per heavy atom. The predicted molar refractivity (Wildman–Crippen MR) is 53.7 cm³/mol. The number of allylic oxidation sites excluding steroid dienone is 2. The van der Waals surface area contributed by atoms with Gasteiger partial charge < -0.3 is 5.32 Å². The first-order chi connectivity index (χ1) is 7.13. The van der Waals surface area contributed by atoms with Crippen LogP contribution in [0.15, 0.2) is 16.8 Å². The van der Waals surface area contributed by atoms with Crippen LogP contribution in [-0.4, -0.2) is 11.4 Å². The van der Waals surface area contributed by atoms with Crippen molar-refractivity contribution in [3.63, 3.8) is 0 Å². The van der Waals surface area contributed by atoms with Gasteiger partial charge in [0.25, 0.3) is 0 Å². The molecule has 0 amide bonds. The lowest BCUT2D eigenvalue weighted by Crippen LogP contribution is -2.42. The third-order valence-electron chi connectivity index (χ3n) is 5.30. The number of aliphatic imine (C=N–C) groups is 1. The van der Waals surface area contributed by atoms with Gasteiger partial charge in [-0.2, -0.15) is 5.26 Å². The molecule has 0 radical (unpaired) electrons. The standard InChI is InChI=1S/C12H11N3/c1-5-3-6(15-10(2,4-13)14-5)7-11-8-9(11)12(7,8)11/h3,7-9,14H,1-2H3. The van der Waals surface area contributed by atoms with Crippen LogP contribution in [-0.2, 0) is 0 Å². The molecule has 1 atom stereocenters. The molecule has 3 nitrogen and oxygen atoms in total. The van der Waals surface area contributed by atoms with E-state index in [9.17, 15) is 0 Å². The highest BCUT2D eigenvalue weighted by Gasteiger charge is 3.35. The van der Waals surface area contributed by atoms with Crippen LogP contribution >= 0.6 is 0 Å². The topological polar surface area (TPSA) is 48.2 Å². The molecular formula is C12H11N3. The van der Waals surface area contributed by atoms with Gasteiger partial charge >= 0.3 is 0 Å². The first-order valence-corrected chi connectivity index (χ1v) is 5.60. The molecule has 2 spiro atoms. The molecule has 0 aromatic carbocycles. The normalized spacial score (nSPS) is 68.7. The van der Waals surface area contributed by atoms with Gasteiger partial charge in [-0.05, 0) is 42.6 Å². The monoisotopic (exact) mass is 197 g/mol. The van der Waals surface area contributed by atoms with Crippen molar-refractivity contribution < 1.29 is 0 Å². The average molecular weight is 197 g/mol. The molecule has 1 N–H and O–H groups in total. The summed E-state index contributed by atoms with van der Waals surface area (Å²) in [7, 11) is 0. The van der Waals surface area contributed by atoms with Crippen molar-refractivity contribution in [1.82, 2.24) is 5.32 Å². The van der Waals surface area contributed by atoms with Gasteiger partial charge in [-0.25, -0.2) is 4.99 Å². The summed E-state index contributed by atoms with van der Waals surface area (Å²) in [6.07, 6.45) is 2.14. The van der Waals surface area contributed by atoms with E-state index in [1.165, 1.54) is 5.71 Å². The molecule has 1 aliphatic heterocycles. The summed E-state index contributed by atoms with van der Waals surface area (Å²) < 4.78 is 0. The Balaban J connectivity index is 1.56. The van der Waals surface area contributed by atoms with Crippen molar-refractivity contribution in [2.75, 3.05) is 0 Å². The summed E-state index contributed by atoms with van der Waals surface area (Å²) in [5.74, 6) is 2.95. The molecule has 1 unspecified atom stereocenters. The second kappa shape index (κ2) is 1.36. The molecule has 6 rings (SSSR count). The lowest BCUT2D eigenvalue weighted by molar-refractivity contribution is 0.504. The molecule has 6 aliphatic rings. The molecule has 0 saturated heterocycles. The Morgan fingerprint density at radius 2 is 2.13 bits per heavy atom. The Morgan fingerprint density at radius 1 is 1.47 bits per heavy atom. The maximum absolute atomic E-state index is 9.10. The van der Waals surface area contributed by atoms with E-state index in [0.717, 1.165) is 34.3 Å². The van der Waals surface area contributed by atoms with E-state index >= 15 is 0 Å². The fraction of sp³-hybridized carbons (Fsp3) is 0.667. The van der Waals surface area contributed by atoms with Gasteiger partial charge in [0.05, 0.1) is 0 Å². The van der Waals surface area contributed by atoms with Crippen LogP contribution in [0, 0.1) is 39.9 Å². The fourth-order valence-corrected chi connectivity index (χ4v) is 4.47. The smallest absolute Gasteiger partial charge is 0.214 e. The number of nitriles is 1. The molecule has 5 saturated carbocycles. The number of hydrogen-bond donors (Lipinski definition) is 1. The average Bonchev–Trinajstić information content (AvgIpc) is 2.95.